The Labute approximate surface area is 124 Å². The number of alkyl halides is 3. The van der Waals surface area contributed by atoms with Gasteiger partial charge in [0.2, 0.25) is 5.91 Å². The van der Waals surface area contributed by atoms with E-state index >= 15 is 0 Å². The number of halogens is 3. The summed E-state index contributed by atoms with van der Waals surface area (Å²) in [7, 11) is 0. The van der Waals surface area contributed by atoms with Gasteiger partial charge in [0.25, 0.3) is 5.56 Å². The lowest BCUT2D eigenvalue weighted by Crippen LogP contribution is -2.48. The summed E-state index contributed by atoms with van der Waals surface area (Å²) < 4.78 is 38.5. The quantitative estimate of drug-likeness (QED) is 0.919. The first kappa shape index (κ1) is 16.1. The van der Waals surface area contributed by atoms with E-state index in [0.717, 1.165) is 18.9 Å². The van der Waals surface area contributed by atoms with Crippen LogP contribution in [0.3, 0.4) is 0 Å². The lowest BCUT2D eigenvalue weighted by molar-refractivity contribution is -0.138. The molecule has 1 heterocycles. The molecular weight excluding hydrogens is 299 g/mol. The van der Waals surface area contributed by atoms with Crippen LogP contribution in [0, 0.1) is 17.2 Å². The van der Waals surface area contributed by atoms with Gasteiger partial charge in [-0.25, -0.2) is 0 Å². The van der Waals surface area contributed by atoms with Gasteiger partial charge in [-0.2, -0.15) is 18.4 Å². The Bertz CT molecular complexity index is 686. The maximum Gasteiger partial charge on any atom is 0.417 e. The summed E-state index contributed by atoms with van der Waals surface area (Å²) in [6, 6.07) is 3.44. The molecule has 0 aliphatic heterocycles. The summed E-state index contributed by atoms with van der Waals surface area (Å²) in [6.45, 7) is 1.00. The van der Waals surface area contributed by atoms with Crippen molar-refractivity contribution in [2.24, 2.45) is 5.92 Å². The normalized spacial score (nSPS) is 17.4. The number of hydrogen-bond donors (Lipinski definition) is 1. The zero-order valence-corrected chi connectivity index (χ0v) is 11.8. The van der Waals surface area contributed by atoms with Crippen LogP contribution in [0.1, 0.15) is 25.3 Å². The molecule has 1 aliphatic carbocycles. The van der Waals surface area contributed by atoms with Crippen molar-refractivity contribution in [3.63, 3.8) is 0 Å². The van der Waals surface area contributed by atoms with Gasteiger partial charge in [-0.3, -0.25) is 9.59 Å². The number of carbonyl (C=O) groups is 1. The Morgan fingerprint density at radius 2 is 2.09 bits per heavy atom. The molecule has 1 aromatic rings. The summed E-state index contributed by atoms with van der Waals surface area (Å²) >= 11 is 0. The number of rotatable bonds is 4. The topological polar surface area (TPSA) is 74.9 Å². The molecular formula is C14H14F3N3O2. The van der Waals surface area contributed by atoms with Crippen molar-refractivity contribution in [3.05, 3.63) is 34.2 Å². The van der Waals surface area contributed by atoms with E-state index in [1.54, 1.807) is 6.92 Å². The fourth-order valence-corrected chi connectivity index (χ4v) is 2.19. The van der Waals surface area contributed by atoms with E-state index in [1.165, 1.54) is 0 Å². The number of nitrogens with one attached hydrogen (secondary N) is 1. The Morgan fingerprint density at radius 3 is 2.59 bits per heavy atom. The third-order valence-corrected chi connectivity index (χ3v) is 3.65. The summed E-state index contributed by atoms with van der Waals surface area (Å²) in [5, 5.41) is 11.6. The molecule has 1 aliphatic rings. The number of hydrogen-bond acceptors (Lipinski definition) is 3. The molecule has 1 N–H and O–H groups in total. The minimum Gasteiger partial charge on any atom is -0.336 e. The summed E-state index contributed by atoms with van der Waals surface area (Å²) in [4.78, 5) is 23.5. The van der Waals surface area contributed by atoms with Crippen molar-refractivity contribution in [3.8, 4) is 6.07 Å². The number of pyridine rings is 1. The van der Waals surface area contributed by atoms with Gasteiger partial charge in [0, 0.05) is 12.3 Å². The molecule has 2 rings (SSSR count). The first-order chi connectivity index (χ1) is 10.2. The maximum absolute atomic E-state index is 12.6. The van der Waals surface area contributed by atoms with Gasteiger partial charge in [-0.15, -0.1) is 0 Å². The first-order valence-electron chi connectivity index (χ1n) is 6.65. The third kappa shape index (κ3) is 3.47. The molecule has 0 aromatic carbocycles. The van der Waals surface area contributed by atoms with Crippen LogP contribution in [0.2, 0.25) is 0 Å². The van der Waals surface area contributed by atoms with Gasteiger partial charge < -0.3 is 9.88 Å². The van der Waals surface area contributed by atoms with Crippen molar-refractivity contribution >= 4 is 5.91 Å². The first-order valence-corrected chi connectivity index (χ1v) is 6.65. The zero-order chi connectivity index (χ0) is 16.5. The molecule has 1 aromatic heterocycles. The Balaban J connectivity index is 2.15. The summed E-state index contributed by atoms with van der Waals surface area (Å²) in [6.07, 6.45) is -2.37. The van der Waals surface area contributed by atoms with E-state index in [9.17, 15) is 22.8 Å². The number of amides is 1. The van der Waals surface area contributed by atoms with E-state index in [0.29, 0.717) is 16.8 Å². The molecule has 22 heavy (non-hydrogen) atoms. The van der Waals surface area contributed by atoms with Crippen LogP contribution in [0.25, 0.3) is 0 Å². The predicted octanol–water partition coefficient (Wildman–Crippen LogP) is 1.68. The molecule has 5 nitrogen and oxygen atoms in total. The van der Waals surface area contributed by atoms with Crippen molar-refractivity contribution < 1.29 is 18.0 Å². The fourth-order valence-electron chi connectivity index (χ4n) is 2.19. The van der Waals surface area contributed by atoms with E-state index in [-0.39, 0.29) is 5.92 Å². The number of aromatic nitrogens is 1. The van der Waals surface area contributed by atoms with Crippen LogP contribution in [0.5, 0.6) is 0 Å². The lowest BCUT2D eigenvalue weighted by atomic mass is 9.98. The minimum absolute atomic E-state index is 0.0414. The highest BCUT2D eigenvalue weighted by molar-refractivity contribution is 5.77. The lowest BCUT2D eigenvalue weighted by Gasteiger charge is -2.23. The molecule has 1 atom stereocenters. The van der Waals surface area contributed by atoms with Gasteiger partial charge >= 0.3 is 6.18 Å². The smallest absolute Gasteiger partial charge is 0.336 e. The second kappa shape index (κ2) is 5.48. The number of nitriles is 1. The van der Waals surface area contributed by atoms with Crippen molar-refractivity contribution in [2.75, 3.05) is 0 Å². The van der Waals surface area contributed by atoms with Crippen LogP contribution in [0.4, 0.5) is 13.2 Å². The molecule has 0 radical (unpaired) electrons. The molecule has 1 saturated carbocycles. The van der Waals surface area contributed by atoms with Gasteiger partial charge in [0.15, 0.2) is 0 Å². The van der Waals surface area contributed by atoms with Crippen LogP contribution in [-0.2, 0) is 17.5 Å². The maximum atomic E-state index is 12.6. The molecule has 1 amide bonds. The van der Waals surface area contributed by atoms with Gasteiger partial charge in [-0.05, 0) is 31.7 Å². The van der Waals surface area contributed by atoms with Crippen LogP contribution in [-0.4, -0.2) is 16.0 Å². The second-order valence-corrected chi connectivity index (χ2v) is 5.52. The summed E-state index contributed by atoms with van der Waals surface area (Å²) in [5.41, 5.74) is -2.78. The number of nitrogens with zero attached hydrogens (tertiary/aromatic N) is 2. The zero-order valence-electron chi connectivity index (χ0n) is 11.8. The Hall–Kier alpha value is -2.30. The molecule has 8 heteroatoms. The molecule has 0 spiro atoms. The SMILES string of the molecule is C[C@@](C#N)(NC(=O)Cn1cc(C(F)(F)F)ccc1=O)C1CC1. The highest BCUT2D eigenvalue weighted by atomic mass is 19.4. The summed E-state index contributed by atoms with van der Waals surface area (Å²) in [5.74, 6) is -0.628. The van der Waals surface area contributed by atoms with Gasteiger partial charge in [-0.1, -0.05) is 0 Å². The van der Waals surface area contributed by atoms with Crippen molar-refractivity contribution in [1.82, 2.24) is 9.88 Å². The second-order valence-electron chi connectivity index (χ2n) is 5.52. The van der Waals surface area contributed by atoms with Crippen molar-refractivity contribution in [1.29, 1.82) is 5.26 Å². The Kier molecular flexibility index (Phi) is 4.00. The van der Waals surface area contributed by atoms with E-state index in [2.05, 4.69) is 5.32 Å². The minimum atomic E-state index is -4.60. The third-order valence-electron chi connectivity index (χ3n) is 3.65. The molecule has 0 saturated heterocycles. The van der Waals surface area contributed by atoms with Crippen LogP contribution in [0.15, 0.2) is 23.1 Å². The molecule has 0 bridgehead atoms. The average molecular weight is 313 g/mol. The van der Waals surface area contributed by atoms with E-state index in [4.69, 9.17) is 5.26 Å². The fraction of sp³-hybridized carbons (Fsp3) is 0.500. The highest BCUT2D eigenvalue weighted by Gasteiger charge is 2.43. The standard InChI is InChI=1S/C14H14F3N3O2/c1-13(8-18,9-2-3-9)19-11(21)7-20-6-10(14(15,16)17)4-5-12(20)22/h4-6,9H,2-3,7H2,1H3,(H,19,21)/t13-/m0/s1. The van der Waals surface area contributed by atoms with Crippen LogP contribution >= 0.6 is 0 Å². The highest BCUT2D eigenvalue weighted by Crippen LogP contribution is 2.39. The predicted molar refractivity (Wildman–Crippen MR) is 70.6 cm³/mol. The number of carbonyl (C=O) groups excluding carboxylic acids is 1. The average Bonchev–Trinajstić information content (AvgIpc) is 3.24. The van der Waals surface area contributed by atoms with Crippen LogP contribution < -0.4 is 10.9 Å². The Morgan fingerprint density at radius 1 is 1.45 bits per heavy atom. The molecule has 0 unspecified atom stereocenters. The molecule has 118 valence electrons. The van der Waals surface area contributed by atoms with Gasteiger partial charge in [0.05, 0.1) is 11.6 Å². The van der Waals surface area contributed by atoms with Gasteiger partial charge in [0.1, 0.15) is 12.1 Å². The largest absolute Gasteiger partial charge is 0.417 e. The monoisotopic (exact) mass is 313 g/mol. The molecule has 1 fully saturated rings. The van der Waals surface area contributed by atoms with Crippen molar-refractivity contribution in [2.45, 2.75) is 38.0 Å². The van der Waals surface area contributed by atoms with E-state index in [1.807, 2.05) is 6.07 Å². The van der Waals surface area contributed by atoms with E-state index < -0.39 is 35.3 Å².